The number of carbonyl (C=O) groups excluding carboxylic acids is 1. The van der Waals surface area contributed by atoms with Gasteiger partial charge in [-0.15, -0.1) is 11.8 Å². The van der Waals surface area contributed by atoms with Crippen LogP contribution in [-0.2, 0) is 11.2 Å². The van der Waals surface area contributed by atoms with E-state index in [9.17, 15) is 4.79 Å². The van der Waals surface area contributed by atoms with Crippen LogP contribution in [-0.4, -0.2) is 42.1 Å². The van der Waals surface area contributed by atoms with Crippen molar-refractivity contribution in [3.63, 3.8) is 0 Å². The van der Waals surface area contributed by atoms with Gasteiger partial charge in [0.15, 0.2) is 0 Å². The molecule has 0 spiro atoms. The summed E-state index contributed by atoms with van der Waals surface area (Å²) in [6.07, 6.45) is 3.09. The summed E-state index contributed by atoms with van der Waals surface area (Å²) in [6.45, 7) is 3.17. The quantitative estimate of drug-likeness (QED) is 0.847. The van der Waals surface area contributed by atoms with Crippen molar-refractivity contribution < 1.29 is 4.79 Å². The van der Waals surface area contributed by atoms with Crippen molar-refractivity contribution >= 4 is 23.4 Å². The highest BCUT2D eigenvalue weighted by Crippen LogP contribution is 2.25. The van der Waals surface area contributed by atoms with E-state index in [4.69, 9.17) is 0 Å². The number of amides is 1. The van der Waals surface area contributed by atoms with E-state index in [0.717, 1.165) is 31.3 Å². The number of thioether (sulfide) groups is 1. The molecular weight excluding hydrogens is 256 g/mol. The molecule has 0 aromatic heterocycles. The molecule has 102 valence electrons. The van der Waals surface area contributed by atoms with Crippen molar-refractivity contribution in [2.75, 3.05) is 36.2 Å². The Morgan fingerprint density at radius 2 is 1.95 bits per heavy atom. The molecule has 1 aromatic carbocycles. The van der Waals surface area contributed by atoms with E-state index in [-0.39, 0.29) is 5.91 Å². The summed E-state index contributed by atoms with van der Waals surface area (Å²) in [7, 11) is 0. The Kier molecular flexibility index (Phi) is 3.97. The number of para-hydroxylation sites is 1. The van der Waals surface area contributed by atoms with E-state index >= 15 is 0 Å². The fourth-order valence-electron chi connectivity index (χ4n) is 2.81. The monoisotopic (exact) mass is 276 g/mol. The fourth-order valence-corrected chi connectivity index (χ4v) is 3.78. The SMILES string of the molecule is O=C(Cc1ccccc1N1CCCC1)N1CCSC1. The van der Waals surface area contributed by atoms with Gasteiger partial charge in [0.1, 0.15) is 0 Å². The van der Waals surface area contributed by atoms with Crippen LogP contribution in [0.1, 0.15) is 18.4 Å². The van der Waals surface area contributed by atoms with Crippen LogP contribution < -0.4 is 4.90 Å². The van der Waals surface area contributed by atoms with Crippen LogP contribution in [0.15, 0.2) is 24.3 Å². The molecule has 3 nitrogen and oxygen atoms in total. The summed E-state index contributed by atoms with van der Waals surface area (Å²) in [4.78, 5) is 16.7. The lowest BCUT2D eigenvalue weighted by Gasteiger charge is -2.22. The first kappa shape index (κ1) is 12.9. The zero-order valence-electron chi connectivity index (χ0n) is 11.2. The molecule has 19 heavy (non-hydrogen) atoms. The van der Waals surface area contributed by atoms with Gasteiger partial charge < -0.3 is 9.80 Å². The van der Waals surface area contributed by atoms with Crippen molar-refractivity contribution in [3.05, 3.63) is 29.8 Å². The van der Waals surface area contributed by atoms with Crippen LogP contribution in [0, 0.1) is 0 Å². The van der Waals surface area contributed by atoms with Crippen molar-refractivity contribution in [2.24, 2.45) is 0 Å². The van der Waals surface area contributed by atoms with Gasteiger partial charge in [0.2, 0.25) is 5.91 Å². The molecule has 2 aliphatic heterocycles. The minimum atomic E-state index is 0.275. The van der Waals surface area contributed by atoms with E-state index in [0.29, 0.717) is 6.42 Å². The van der Waals surface area contributed by atoms with Crippen LogP contribution in [0.4, 0.5) is 5.69 Å². The van der Waals surface area contributed by atoms with Gasteiger partial charge in [-0.25, -0.2) is 0 Å². The first-order valence-corrected chi connectivity index (χ1v) is 8.18. The molecule has 2 saturated heterocycles. The third-order valence-electron chi connectivity index (χ3n) is 3.89. The maximum atomic E-state index is 12.3. The molecule has 1 amide bonds. The number of rotatable bonds is 3. The van der Waals surface area contributed by atoms with Gasteiger partial charge in [-0.3, -0.25) is 4.79 Å². The molecular formula is C15H20N2OS. The van der Waals surface area contributed by atoms with E-state index in [1.807, 2.05) is 22.7 Å². The zero-order chi connectivity index (χ0) is 13.1. The second kappa shape index (κ2) is 5.87. The smallest absolute Gasteiger partial charge is 0.227 e. The molecule has 2 heterocycles. The normalized spacial score (nSPS) is 19.2. The lowest BCUT2D eigenvalue weighted by atomic mass is 10.1. The Bertz CT molecular complexity index is 451. The largest absolute Gasteiger partial charge is 0.371 e. The molecule has 1 aromatic rings. The Hall–Kier alpha value is -1.16. The fraction of sp³-hybridized carbons (Fsp3) is 0.533. The molecule has 4 heteroatoms. The lowest BCUT2D eigenvalue weighted by Crippen LogP contribution is -2.30. The molecule has 0 unspecified atom stereocenters. The van der Waals surface area contributed by atoms with E-state index < -0.39 is 0 Å². The molecule has 0 atom stereocenters. The van der Waals surface area contributed by atoms with Gasteiger partial charge >= 0.3 is 0 Å². The molecule has 3 rings (SSSR count). The van der Waals surface area contributed by atoms with E-state index in [1.165, 1.54) is 24.1 Å². The summed E-state index contributed by atoms with van der Waals surface area (Å²) >= 11 is 1.85. The second-order valence-corrected chi connectivity index (χ2v) is 6.27. The number of nitrogens with zero attached hydrogens (tertiary/aromatic N) is 2. The van der Waals surface area contributed by atoms with E-state index in [2.05, 4.69) is 23.1 Å². The van der Waals surface area contributed by atoms with E-state index in [1.54, 1.807) is 0 Å². The highest BCUT2D eigenvalue weighted by atomic mass is 32.2. The minimum absolute atomic E-state index is 0.275. The summed E-state index contributed by atoms with van der Waals surface area (Å²) in [5.74, 6) is 2.22. The third-order valence-corrected chi connectivity index (χ3v) is 4.85. The molecule has 0 aliphatic carbocycles. The highest BCUT2D eigenvalue weighted by molar-refractivity contribution is 7.99. The summed E-state index contributed by atoms with van der Waals surface area (Å²) in [6, 6.07) is 8.38. The predicted molar refractivity (Wildman–Crippen MR) is 80.6 cm³/mol. The third kappa shape index (κ3) is 2.89. The summed E-state index contributed by atoms with van der Waals surface area (Å²) in [5, 5.41) is 0. The first-order chi connectivity index (χ1) is 9.34. The maximum Gasteiger partial charge on any atom is 0.227 e. The van der Waals surface area contributed by atoms with Crippen LogP contribution >= 0.6 is 11.8 Å². The predicted octanol–water partition coefficient (Wildman–Crippen LogP) is 2.36. The van der Waals surface area contributed by atoms with Gasteiger partial charge in [0, 0.05) is 31.1 Å². The molecule has 0 saturated carbocycles. The standard InChI is InChI=1S/C15H20N2OS/c18-15(17-9-10-19-12-17)11-13-5-1-2-6-14(13)16-7-3-4-8-16/h1-2,5-6H,3-4,7-12H2. The average Bonchev–Trinajstić information content (AvgIpc) is 3.13. The van der Waals surface area contributed by atoms with Gasteiger partial charge in [-0.05, 0) is 24.5 Å². The van der Waals surface area contributed by atoms with Crippen molar-refractivity contribution in [1.82, 2.24) is 4.90 Å². The maximum absolute atomic E-state index is 12.3. The number of hydrogen-bond donors (Lipinski definition) is 0. The Morgan fingerprint density at radius 3 is 2.68 bits per heavy atom. The van der Waals surface area contributed by atoms with Crippen LogP contribution in [0.5, 0.6) is 0 Å². The van der Waals surface area contributed by atoms with Gasteiger partial charge in [0.05, 0.1) is 12.3 Å². The van der Waals surface area contributed by atoms with Crippen molar-refractivity contribution in [3.8, 4) is 0 Å². The van der Waals surface area contributed by atoms with Gasteiger partial charge in [-0.1, -0.05) is 18.2 Å². The molecule has 0 bridgehead atoms. The number of carbonyl (C=O) groups is 1. The lowest BCUT2D eigenvalue weighted by molar-refractivity contribution is -0.128. The number of anilines is 1. The Balaban J connectivity index is 1.74. The van der Waals surface area contributed by atoms with Gasteiger partial charge in [0.25, 0.3) is 0 Å². The molecule has 0 N–H and O–H groups in total. The van der Waals surface area contributed by atoms with Crippen LogP contribution in [0.3, 0.4) is 0 Å². The van der Waals surface area contributed by atoms with Crippen LogP contribution in [0.2, 0.25) is 0 Å². The zero-order valence-corrected chi connectivity index (χ0v) is 12.0. The molecule has 0 radical (unpaired) electrons. The second-order valence-electron chi connectivity index (χ2n) is 5.19. The van der Waals surface area contributed by atoms with Gasteiger partial charge in [-0.2, -0.15) is 0 Å². The number of hydrogen-bond acceptors (Lipinski definition) is 3. The van der Waals surface area contributed by atoms with Crippen molar-refractivity contribution in [1.29, 1.82) is 0 Å². The average molecular weight is 276 g/mol. The topological polar surface area (TPSA) is 23.6 Å². The minimum Gasteiger partial charge on any atom is -0.371 e. The Labute approximate surface area is 119 Å². The molecule has 2 fully saturated rings. The van der Waals surface area contributed by atoms with Crippen molar-refractivity contribution in [2.45, 2.75) is 19.3 Å². The Morgan fingerprint density at radius 1 is 1.16 bits per heavy atom. The number of benzene rings is 1. The van der Waals surface area contributed by atoms with Crippen LogP contribution in [0.25, 0.3) is 0 Å². The first-order valence-electron chi connectivity index (χ1n) is 7.03. The summed E-state index contributed by atoms with van der Waals surface area (Å²) in [5.41, 5.74) is 2.45. The highest BCUT2D eigenvalue weighted by Gasteiger charge is 2.21. The molecule has 2 aliphatic rings. The summed E-state index contributed by atoms with van der Waals surface area (Å²) < 4.78 is 0.